The molecule has 18 heavy (non-hydrogen) atoms. The molecule has 1 N–H and O–H groups in total. The van der Waals surface area contributed by atoms with Crippen molar-refractivity contribution in [3.05, 3.63) is 40.2 Å². The molecule has 1 aromatic carbocycles. The van der Waals surface area contributed by atoms with Gasteiger partial charge in [0.05, 0.1) is 12.4 Å². The van der Waals surface area contributed by atoms with Gasteiger partial charge in [0.2, 0.25) is 5.88 Å². The van der Waals surface area contributed by atoms with Crippen molar-refractivity contribution < 1.29 is 4.74 Å². The number of rotatable bonds is 5. The zero-order chi connectivity index (χ0) is 12.8. The van der Waals surface area contributed by atoms with Gasteiger partial charge in [-0.05, 0) is 53.3 Å². The first-order valence-corrected chi connectivity index (χ1v) is 6.85. The molecule has 5 heteroatoms. The van der Waals surface area contributed by atoms with Gasteiger partial charge in [-0.15, -0.1) is 0 Å². The van der Waals surface area contributed by atoms with Gasteiger partial charge in [0.15, 0.2) is 0 Å². The van der Waals surface area contributed by atoms with Gasteiger partial charge in [-0.2, -0.15) is 4.98 Å². The minimum atomic E-state index is 0.498. The Labute approximate surface area is 120 Å². The third-order valence-corrected chi connectivity index (χ3v) is 2.92. The zero-order valence-electron chi connectivity index (χ0n) is 10.1. The lowest BCUT2D eigenvalue weighted by atomic mass is 10.3. The van der Waals surface area contributed by atoms with Gasteiger partial charge in [-0.3, -0.25) is 4.98 Å². The van der Waals surface area contributed by atoms with Crippen molar-refractivity contribution in [1.82, 2.24) is 9.97 Å². The number of anilines is 1. The first-order valence-electron chi connectivity index (χ1n) is 5.77. The molecule has 0 saturated heterocycles. The monoisotopic (exact) mass is 355 g/mol. The molecule has 1 heterocycles. The van der Waals surface area contributed by atoms with E-state index in [1.165, 1.54) is 3.57 Å². The molecule has 0 aliphatic heterocycles. The molecule has 0 amide bonds. The van der Waals surface area contributed by atoms with Gasteiger partial charge in [-0.25, -0.2) is 0 Å². The Morgan fingerprint density at radius 3 is 2.72 bits per heavy atom. The molecule has 0 unspecified atom stereocenters. The Bertz CT molecular complexity index is 502. The molecule has 0 radical (unpaired) electrons. The second-order valence-corrected chi connectivity index (χ2v) is 4.97. The number of benzene rings is 1. The second kappa shape index (κ2) is 6.53. The summed E-state index contributed by atoms with van der Waals surface area (Å²) in [5.74, 6) is 1.99. The molecule has 1 aromatic heterocycles. The molecule has 2 rings (SSSR count). The fourth-order valence-corrected chi connectivity index (χ4v) is 1.72. The fraction of sp³-hybridized carbons (Fsp3) is 0.231. The highest BCUT2D eigenvalue weighted by molar-refractivity contribution is 14.1. The number of aromatic nitrogens is 2. The predicted octanol–water partition coefficient (Wildman–Crippen LogP) is 3.70. The van der Waals surface area contributed by atoms with Crippen LogP contribution in [0.3, 0.4) is 0 Å². The maximum absolute atomic E-state index is 5.64. The van der Waals surface area contributed by atoms with Crippen LogP contribution in [0, 0.1) is 3.57 Å². The lowest BCUT2D eigenvalue weighted by Gasteiger charge is -2.07. The largest absolute Gasteiger partial charge is 0.437 e. The Kier molecular flexibility index (Phi) is 4.74. The standard InChI is InChI=1S/C13H14IN3O/c1-2-7-16-12-8-15-9-13(17-12)18-11-5-3-10(14)4-6-11/h3-6,8-9H,2,7H2,1H3,(H,16,17). The Morgan fingerprint density at radius 2 is 2.00 bits per heavy atom. The number of hydrogen-bond acceptors (Lipinski definition) is 4. The number of nitrogens with zero attached hydrogens (tertiary/aromatic N) is 2. The summed E-state index contributed by atoms with van der Waals surface area (Å²) in [4.78, 5) is 8.43. The highest BCUT2D eigenvalue weighted by Crippen LogP contribution is 2.20. The summed E-state index contributed by atoms with van der Waals surface area (Å²) < 4.78 is 6.81. The summed E-state index contributed by atoms with van der Waals surface area (Å²) in [7, 11) is 0. The summed E-state index contributed by atoms with van der Waals surface area (Å²) >= 11 is 2.25. The van der Waals surface area contributed by atoms with Gasteiger partial charge < -0.3 is 10.1 Å². The van der Waals surface area contributed by atoms with Gasteiger partial charge in [-0.1, -0.05) is 6.92 Å². The van der Waals surface area contributed by atoms with Crippen LogP contribution >= 0.6 is 22.6 Å². The third kappa shape index (κ3) is 3.83. The second-order valence-electron chi connectivity index (χ2n) is 3.73. The molecular formula is C13H14IN3O. The molecule has 0 aliphatic carbocycles. The van der Waals surface area contributed by atoms with Crippen LogP contribution < -0.4 is 10.1 Å². The minimum absolute atomic E-state index is 0.498. The molecule has 0 saturated carbocycles. The quantitative estimate of drug-likeness (QED) is 0.831. The van der Waals surface area contributed by atoms with Crippen LogP contribution in [0.4, 0.5) is 5.82 Å². The van der Waals surface area contributed by atoms with Crippen LogP contribution in [0.1, 0.15) is 13.3 Å². The Balaban J connectivity index is 2.06. The Morgan fingerprint density at radius 1 is 1.22 bits per heavy atom. The van der Waals surface area contributed by atoms with Crippen LogP contribution in [-0.4, -0.2) is 16.5 Å². The third-order valence-electron chi connectivity index (χ3n) is 2.20. The van der Waals surface area contributed by atoms with E-state index < -0.39 is 0 Å². The van der Waals surface area contributed by atoms with Crippen molar-refractivity contribution in [2.45, 2.75) is 13.3 Å². The molecule has 0 bridgehead atoms. The molecule has 0 atom stereocenters. The van der Waals surface area contributed by atoms with Gasteiger partial charge in [0, 0.05) is 10.1 Å². The smallest absolute Gasteiger partial charge is 0.239 e. The first kappa shape index (κ1) is 13.1. The van der Waals surface area contributed by atoms with Gasteiger partial charge >= 0.3 is 0 Å². The van der Waals surface area contributed by atoms with E-state index in [1.54, 1.807) is 12.4 Å². The van der Waals surface area contributed by atoms with Gasteiger partial charge in [0.1, 0.15) is 11.6 Å². The van der Waals surface area contributed by atoms with E-state index >= 15 is 0 Å². The Hall–Kier alpha value is -1.37. The maximum atomic E-state index is 5.64. The highest BCUT2D eigenvalue weighted by Gasteiger charge is 2.01. The number of hydrogen-bond donors (Lipinski definition) is 1. The predicted molar refractivity (Wildman–Crippen MR) is 80.0 cm³/mol. The average Bonchev–Trinajstić information content (AvgIpc) is 2.40. The number of nitrogens with one attached hydrogen (secondary N) is 1. The van der Waals surface area contributed by atoms with Crippen molar-refractivity contribution in [2.75, 3.05) is 11.9 Å². The maximum Gasteiger partial charge on any atom is 0.239 e. The lowest BCUT2D eigenvalue weighted by Crippen LogP contribution is -2.02. The summed E-state index contributed by atoms with van der Waals surface area (Å²) in [6.07, 6.45) is 4.34. The van der Waals surface area contributed by atoms with Gasteiger partial charge in [0.25, 0.3) is 0 Å². The van der Waals surface area contributed by atoms with Crippen LogP contribution in [0.2, 0.25) is 0 Å². The average molecular weight is 355 g/mol. The normalized spacial score (nSPS) is 10.1. The zero-order valence-corrected chi connectivity index (χ0v) is 12.2. The topological polar surface area (TPSA) is 47.0 Å². The fourth-order valence-electron chi connectivity index (χ4n) is 1.36. The first-order chi connectivity index (χ1) is 8.78. The van der Waals surface area contributed by atoms with E-state index in [9.17, 15) is 0 Å². The van der Waals surface area contributed by atoms with Crippen molar-refractivity contribution in [2.24, 2.45) is 0 Å². The molecule has 0 fully saturated rings. The highest BCUT2D eigenvalue weighted by atomic mass is 127. The summed E-state index contributed by atoms with van der Waals surface area (Å²) in [6.45, 7) is 2.98. The van der Waals surface area contributed by atoms with Crippen molar-refractivity contribution >= 4 is 28.4 Å². The van der Waals surface area contributed by atoms with Crippen molar-refractivity contribution in [3.63, 3.8) is 0 Å². The van der Waals surface area contributed by atoms with Crippen LogP contribution in [0.5, 0.6) is 11.6 Å². The molecule has 2 aromatic rings. The summed E-state index contributed by atoms with van der Waals surface area (Å²) in [5.41, 5.74) is 0. The number of ether oxygens (including phenoxy) is 1. The molecule has 0 spiro atoms. The van der Waals surface area contributed by atoms with Crippen LogP contribution in [0.25, 0.3) is 0 Å². The van der Waals surface area contributed by atoms with Crippen molar-refractivity contribution in [3.8, 4) is 11.6 Å². The summed E-state index contributed by atoms with van der Waals surface area (Å²) in [6, 6.07) is 7.80. The van der Waals surface area contributed by atoms with E-state index in [0.29, 0.717) is 5.88 Å². The van der Waals surface area contributed by atoms with E-state index in [4.69, 9.17) is 4.74 Å². The van der Waals surface area contributed by atoms with E-state index in [0.717, 1.165) is 24.5 Å². The SMILES string of the molecule is CCCNc1cncc(Oc2ccc(I)cc2)n1. The molecule has 4 nitrogen and oxygen atoms in total. The summed E-state index contributed by atoms with van der Waals surface area (Å²) in [5, 5.41) is 3.17. The van der Waals surface area contributed by atoms with Crippen LogP contribution in [-0.2, 0) is 0 Å². The van der Waals surface area contributed by atoms with Crippen LogP contribution in [0.15, 0.2) is 36.7 Å². The minimum Gasteiger partial charge on any atom is -0.437 e. The van der Waals surface area contributed by atoms with E-state index in [2.05, 4.69) is 44.8 Å². The van der Waals surface area contributed by atoms with Crippen molar-refractivity contribution in [1.29, 1.82) is 0 Å². The van der Waals surface area contributed by atoms with E-state index in [-0.39, 0.29) is 0 Å². The molecule has 94 valence electrons. The molecule has 0 aliphatic rings. The number of halogens is 1. The lowest BCUT2D eigenvalue weighted by molar-refractivity contribution is 0.461. The molecular weight excluding hydrogens is 341 g/mol. The van der Waals surface area contributed by atoms with E-state index in [1.807, 2.05) is 24.3 Å².